The average molecular weight is 416 g/mol. The van der Waals surface area contributed by atoms with Gasteiger partial charge in [-0.1, -0.05) is 23.7 Å². The van der Waals surface area contributed by atoms with Crippen LogP contribution in [0.25, 0.3) is 10.8 Å². The van der Waals surface area contributed by atoms with Crippen LogP contribution in [0.5, 0.6) is 5.75 Å². The number of ether oxygens (including phenoxy) is 1. The Balaban J connectivity index is 1.99. The summed E-state index contributed by atoms with van der Waals surface area (Å²) < 4.78 is 71.0. The standard InChI is InChI=1S/C18H13ClF3NO3S/c1-26-14-5-2-12-9-15(6-3-11(12)8-14)27(24,25)23-17-10-13(18(20,21)22)4-7-16(17)19/h2-10,23H,1H3. The highest BCUT2D eigenvalue weighted by molar-refractivity contribution is 7.92. The van der Waals surface area contributed by atoms with Crippen LogP contribution in [-0.2, 0) is 16.2 Å². The van der Waals surface area contributed by atoms with Gasteiger partial charge in [-0.3, -0.25) is 4.72 Å². The maximum absolute atomic E-state index is 12.9. The van der Waals surface area contributed by atoms with Gasteiger partial charge in [-0.15, -0.1) is 0 Å². The van der Waals surface area contributed by atoms with Crippen LogP contribution in [0.15, 0.2) is 59.5 Å². The van der Waals surface area contributed by atoms with Crippen molar-refractivity contribution in [1.29, 1.82) is 0 Å². The van der Waals surface area contributed by atoms with E-state index in [4.69, 9.17) is 16.3 Å². The highest BCUT2D eigenvalue weighted by atomic mass is 35.5. The minimum atomic E-state index is -4.62. The molecule has 0 amide bonds. The lowest BCUT2D eigenvalue weighted by Gasteiger charge is -2.13. The van der Waals surface area contributed by atoms with Gasteiger partial charge in [0.05, 0.1) is 28.3 Å². The number of anilines is 1. The van der Waals surface area contributed by atoms with E-state index in [1.54, 1.807) is 24.3 Å². The second kappa shape index (κ2) is 6.94. The van der Waals surface area contributed by atoms with Crippen molar-refractivity contribution in [2.24, 2.45) is 0 Å². The molecule has 3 rings (SSSR count). The summed E-state index contributed by atoms with van der Waals surface area (Å²) in [4.78, 5) is -0.103. The largest absolute Gasteiger partial charge is 0.497 e. The topological polar surface area (TPSA) is 55.4 Å². The Labute approximate surface area is 158 Å². The molecule has 0 heterocycles. The lowest BCUT2D eigenvalue weighted by Crippen LogP contribution is -2.14. The molecule has 142 valence electrons. The van der Waals surface area contributed by atoms with Crippen molar-refractivity contribution in [3.05, 3.63) is 65.2 Å². The molecule has 0 unspecified atom stereocenters. The molecule has 0 radical (unpaired) electrons. The first-order valence-corrected chi connectivity index (χ1v) is 9.44. The zero-order valence-electron chi connectivity index (χ0n) is 13.8. The molecule has 0 aliphatic heterocycles. The van der Waals surface area contributed by atoms with Crippen LogP contribution in [0.1, 0.15) is 5.56 Å². The summed E-state index contributed by atoms with van der Waals surface area (Å²) in [6, 6.07) is 11.9. The average Bonchev–Trinajstić information content (AvgIpc) is 2.61. The molecule has 3 aromatic rings. The number of hydrogen-bond acceptors (Lipinski definition) is 3. The molecule has 4 nitrogen and oxygen atoms in total. The summed E-state index contributed by atoms with van der Waals surface area (Å²) in [5.74, 6) is 0.618. The van der Waals surface area contributed by atoms with Gasteiger partial charge >= 0.3 is 6.18 Å². The highest BCUT2D eigenvalue weighted by Crippen LogP contribution is 2.35. The van der Waals surface area contributed by atoms with Crippen molar-refractivity contribution in [3.8, 4) is 5.75 Å². The summed E-state index contributed by atoms with van der Waals surface area (Å²) in [5.41, 5.74) is -1.35. The molecule has 0 saturated carbocycles. The normalized spacial score (nSPS) is 12.2. The van der Waals surface area contributed by atoms with Crippen LogP contribution < -0.4 is 9.46 Å². The fourth-order valence-corrected chi connectivity index (χ4v) is 3.81. The molecule has 27 heavy (non-hydrogen) atoms. The monoisotopic (exact) mass is 415 g/mol. The molecule has 0 fully saturated rings. The number of sulfonamides is 1. The molecule has 0 spiro atoms. The van der Waals surface area contributed by atoms with Crippen molar-refractivity contribution in [2.45, 2.75) is 11.1 Å². The summed E-state index contributed by atoms with van der Waals surface area (Å²) in [6.07, 6.45) is -4.62. The van der Waals surface area contributed by atoms with Gasteiger partial charge in [-0.2, -0.15) is 13.2 Å². The first-order valence-electron chi connectivity index (χ1n) is 7.57. The molecule has 0 saturated heterocycles. The minimum Gasteiger partial charge on any atom is -0.497 e. The smallest absolute Gasteiger partial charge is 0.416 e. The third-order valence-corrected chi connectivity index (χ3v) is 5.56. The van der Waals surface area contributed by atoms with E-state index in [9.17, 15) is 21.6 Å². The molecule has 3 aromatic carbocycles. The Bertz CT molecular complexity index is 1110. The van der Waals surface area contributed by atoms with Crippen molar-refractivity contribution in [1.82, 2.24) is 0 Å². The number of methoxy groups -OCH3 is 1. The van der Waals surface area contributed by atoms with Crippen LogP contribution in [0, 0.1) is 0 Å². The minimum absolute atomic E-state index is 0.103. The Morgan fingerprint density at radius 3 is 2.30 bits per heavy atom. The van der Waals surface area contributed by atoms with Gasteiger partial charge in [0.1, 0.15) is 5.75 Å². The molecule has 0 aromatic heterocycles. The highest BCUT2D eigenvalue weighted by Gasteiger charge is 2.31. The van der Waals surface area contributed by atoms with Gasteiger partial charge in [-0.25, -0.2) is 8.42 Å². The maximum Gasteiger partial charge on any atom is 0.416 e. The van der Waals surface area contributed by atoms with Crippen molar-refractivity contribution < 1.29 is 26.3 Å². The predicted octanol–water partition coefficient (Wildman–Crippen LogP) is 5.32. The lowest BCUT2D eigenvalue weighted by molar-refractivity contribution is -0.137. The SMILES string of the molecule is COc1ccc2cc(S(=O)(=O)Nc3cc(C(F)(F)F)ccc3Cl)ccc2c1. The Morgan fingerprint density at radius 2 is 1.63 bits per heavy atom. The number of benzene rings is 3. The molecule has 0 aliphatic rings. The van der Waals surface area contributed by atoms with E-state index in [0.717, 1.165) is 17.5 Å². The summed E-state index contributed by atoms with van der Waals surface area (Å²) >= 11 is 5.86. The molecular formula is C18H13ClF3NO3S. The van der Waals surface area contributed by atoms with Gasteiger partial charge in [0.25, 0.3) is 10.0 Å². The zero-order valence-corrected chi connectivity index (χ0v) is 15.4. The van der Waals surface area contributed by atoms with E-state index in [1.165, 1.54) is 19.2 Å². The zero-order chi connectivity index (χ0) is 19.8. The molecule has 0 aliphatic carbocycles. The second-order valence-corrected chi connectivity index (χ2v) is 7.76. The Morgan fingerprint density at radius 1 is 0.963 bits per heavy atom. The summed E-state index contributed by atoms with van der Waals surface area (Å²) in [6.45, 7) is 0. The molecular weight excluding hydrogens is 403 g/mol. The van der Waals surface area contributed by atoms with Crippen molar-refractivity contribution in [3.63, 3.8) is 0 Å². The number of alkyl halides is 3. The van der Waals surface area contributed by atoms with Crippen LogP contribution in [0.2, 0.25) is 5.02 Å². The first kappa shape index (κ1) is 19.3. The third-order valence-electron chi connectivity index (χ3n) is 3.87. The molecule has 0 bridgehead atoms. The first-order chi connectivity index (χ1) is 12.6. The Kier molecular flexibility index (Phi) is 4.96. The fourth-order valence-electron chi connectivity index (χ4n) is 2.48. The van der Waals surface area contributed by atoms with E-state index in [2.05, 4.69) is 4.72 Å². The van der Waals surface area contributed by atoms with Crippen molar-refractivity contribution >= 4 is 38.1 Å². The lowest BCUT2D eigenvalue weighted by atomic mass is 10.1. The van der Waals surface area contributed by atoms with Gasteiger partial charge in [0.2, 0.25) is 0 Å². The quantitative estimate of drug-likeness (QED) is 0.627. The Hall–Kier alpha value is -2.45. The number of hydrogen-bond donors (Lipinski definition) is 1. The number of halogens is 4. The fraction of sp³-hybridized carbons (Fsp3) is 0.111. The van der Waals surface area contributed by atoms with E-state index >= 15 is 0 Å². The molecule has 9 heteroatoms. The van der Waals surface area contributed by atoms with E-state index in [-0.39, 0.29) is 15.6 Å². The molecule has 1 N–H and O–H groups in total. The molecule has 0 atom stereocenters. The number of rotatable bonds is 4. The number of fused-ring (bicyclic) bond motifs is 1. The van der Waals surface area contributed by atoms with E-state index < -0.39 is 21.8 Å². The third kappa shape index (κ3) is 4.12. The maximum atomic E-state index is 12.9. The van der Waals surface area contributed by atoms with Crippen LogP contribution >= 0.6 is 11.6 Å². The summed E-state index contributed by atoms with van der Waals surface area (Å²) in [5, 5.41) is 1.25. The van der Waals surface area contributed by atoms with Gasteiger partial charge < -0.3 is 4.74 Å². The van der Waals surface area contributed by atoms with Crippen LogP contribution in [-0.4, -0.2) is 15.5 Å². The van der Waals surface area contributed by atoms with Gasteiger partial charge in [-0.05, 0) is 53.2 Å². The number of nitrogens with one attached hydrogen (secondary N) is 1. The second-order valence-electron chi connectivity index (χ2n) is 5.67. The van der Waals surface area contributed by atoms with E-state index in [0.29, 0.717) is 17.2 Å². The predicted molar refractivity (Wildman–Crippen MR) is 97.8 cm³/mol. The summed E-state index contributed by atoms with van der Waals surface area (Å²) in [7, 11) is -2.62. The van der Waals surface area contributed by atoms with Gasteiger partial charge in [0, 0.05) is 0 Å². The van der Waals surface area contributed by atoms with Crippen molar-refractivity contribution in [2.75, 3.05) is 11.8 Å². The van der Waals surface area contributed by atoms with Crippen LogP contribution in [0.4, 0.5) is 18.9 Å². The van der Waals surface area contributed by atoms with E-state index in [1.807, 2.05) is 0 Å². The van der Waals surface area contributed by atoms with Gasteiger partial charge in [0.15, 0.2) is 0 Å². The van der Waals surface area contributed by atoms with Crippen LogP contribution in [0.3, 0.4) is 0 Å².